The second-order valence-electron chi connectivity index (χ2n) is 4.43. The summed E-state index contributed by atoms with van der Waals surface area (Å²) >= 11 is 3.40. The number of halogens is 2. The summed E-state index contributed by atoms with van der Waals surface area (Å²) in [5.41, 5.74) is 1.69. The maximum Gasteiger partial charge on any atom is 0.143 e. The van der Waals surface area contributed by atoms with E-state index in [1.807, 2.05) is 37.3 Å². The maximum atomic E-state index is 13.6. The van der Waals surface area contributed by atoms with Gasteiger partial charge in [0.15, 0.2) is 0 Å². The summed E-state index contributed by atoms with van der Waals surface area (Å²) in [5.74, 6) is -0.497. The first-order valence-electron chi connectivity index (χ1n) is 6.36. The largest absolute Gasteiger partial charge is 0.377 e. The Morgan fingerprint density at radius 2 is 1.95 bits per heavy atom. The molecule has 102 valence electrons. The van der Waals surface area contributed by atoms with Gasteiger partial charge in [-0.25, -0.2) is 4.39 Å². The Kier molecular flexibility index (Phi) is 4.75. The number of nitrogens with zero attached hydrogens (tertiary/aromatic N) is 1. The van der Waals surface area contributed by atoms with E-state index in [0.29, 0.717) is 5.69 Å². The summed E-state index contributed by atoms with van der Waals surface area (Å²) in [5, 5.41) is 12.3. The van der Waals surface area contributed by atoms with Crippen LogP contribution in [0.15, 0.2) is 46.9 Å². The van der Waals surface area contributed by atoms with Crippen molar-refractivity contribution in [3.8, 4) is 6.07 Å². The number of hydrogen-bond donors (Lipinski definition) is 1. The zero-order valence-electron chi connectivity index (χ0n) is 11.0. The van der Waals surface area contributed by atoms with Crippen LogP contribution >= 0.6 is 15.9 Å². The summed E-state index contributed by atoms with van der Waals surface area (Å²) in [4.78, 5) is 0. The second-order valence-corrected chi connectivity index (χ2v) is 5.35. The second kappa shape index (κ2) is 6.53. The molecule has 1 N–H and O–H groups in total. The Balaban J connectivity index is 2.30. The molecule has 2 nitrogen and oxygen atoms in total. The minimum atomic E-state index is -0.497. The van der Waals surface area contributed by atoms with Crippen LogP contribution in [0.2, 0.25) is 0 Å². The summed E-state index contributed by atoms with van der Waals surface area (Å²) in [6.45, 7) is 2.05. The van der Waals surface area contributed by atoms with E-state index in [2.05, 4.69) is 21.2 Å². The van der Waals surface area contributed by atoms with Crippen LogP contribution in [0.5, 0.6) is 0 Å². The Morgan fingerprint density at radius 1 is 1.25 bits per heavy atom. The van der Waals surface area contributed by atoms with Crippen molar-refractivity contribution in [1.29, 1.82) is 5.26 Å². The number of anilines is 1. The molecule has 0 amide bonds. The van der Waals surface area contributed by atoms with Gasteiger partial charge in [0.25, 0.3) is 0 Å². The van der Waals surface area contributed by atoms with E-state index in [4.69, 9.17) is 5.26 Å². The lowest BCUT2D eigenvalue weighted by molar-refractivity contribution is 0.623. The predicted molar refractivity (Wildman–Crippen MR) is 81.9 cm³/mol. The number of hydrogen-bond acceptors (Lipinski definition) is 2. The molecule has 1 unspecified atom stereocenters. The highest BCUT2D eigenvalue weighted by Crippen LogP contribution is 2.26. The summed E-state index contributed by atoms with van der Waals surface area (Å²) in [7, 11) is 0. The fourth-order valence-corrected chi connectivity index (χ4v) is 2.33. The molecule has 0 spiro atoms. The quantitative estimate of drug-likeness (QED) is 0.852. The normalized spacial score (nSPS) is 11.7. The first kappa shape index (κ1) is 14.5. The first-order valence-corrected chi connectivity index (χ1v) is 7.15. The Labute approximate surface area is 126 Å². The van der Waals surface area contributed by atoms with Crippen LogP contribution in [0.1, 0.15) is 30.5 Å². The van der Waals surface area contributed by atoms with Gasteiger partial charge in [-0.2, -0.15) is 5.26 Å². The lowest BCUT2D eigenvalue weighted by Gasteiger charge is -2.19. The number of benzene rings is 2. The molecular formula is C16H14BrFN2. The molecule has 0 heterocycles. The fourth-order valence-electron chi connectivity index (χ4n) is 2.06. The van der Waals surface area contributed by atoms with Gasteiger partial charge in [0.2, 0.25) is 0 Å². The van der Waals surface area contributed by atoms with Crippen LogP contribution < -0.4 is 5.32 Å². The highest BCUT2D eigenvalue weighted by Gasteiger charge is 2.13. The summed E-state index contributed by atoms with van der Waals surface area (Å²) in [6.07, 6.45) is 0.836. The monoisotopic (exact) mass is 332 g/mol. The molecule has 0 aliphatic rings. The van der Waals surface area contributed by atoms with Crippen LogP contribution in [0, 0.1) is 17.1 Å². The lowest BCUT2D eigenvalue weighted by atomic mass is 10.0. The third-order valence-electron chi connectivity index (χ3n) is 3.14. The lowest BCUT2D eigenvalue weighted by Crippen LogP contribution is -2.11. The number of rotatable bonds is 4. The highest BCUT2D eigenvalue weighted by molar-refractivity contribution is 9.10. The Hall–Kier alpha value is -1.86. The smallest absolute Gasteiger partial charge is 0.143 e. The predicted octanol–water partition coefficient (Wildman–Crippen LogP) is 5.02. The minimum Gasteiger partial charge on any atom is -0.377 e. The van der Waals surface area contributed by atoms with E-state index in [-0.39, 0.29) is 11.6 Å². The molecule has 2 aromatic rings. The molecule has 0 aliphatic heterocycles. The number of nitrogens with one attached hydrogen (secondary N) is 1. The van der Waals surface area contributed by atoms with Gasteiger partial charge >= 0.3 is 0 Å². The summed E-state index contributed by atoms with van der Waals surface area (Å²) < 4.78 is 14.6. The van der Waals surface area contributed by atoms with Crippen LogP contribution in [0.4, 0.5) is 10.1 Å². The van der Waals surface area contributed by atoms with Gasteiger partial charge in [0.05, 0.1) is 11.7 Å². The average Bonchev–Trinajstić information content (AvgIpc) is 2.46. The van der Waals surface area contributed by atoms with E-state index in [1.165, 1.54) is 6.07 Å². The highest BCUT2D eigenvalue weighted by atomic mass is 79.9. The van der Waals surface area contributed by atoms with Gasteiger partial charge in [0, 0.05) is 4.47 Å². The van der Waals surface area contributed by atoms with Crippen molar-refractivity contribution < 1.29 is 4.39 Å². The van der Waals surface area contributed by atoms with Crippen LogP contribution in [0.25, 0.3) is 0 Å². The average molecular weight is 333 g/mol. The molecule has 2 rings (SSSR count). The molecule has 0 fully saturated rings. The third-order valence-corrected chi connectivity index (χ3v) is 3.66. The zero-order chi connectivity index (χ0) is 14.5. The van der Waals surface area contributed by atoms with Crippen LogP contribution in [-0.2, 0) is 0 Å². The van der Waals surface area contributed by atoms with E-state index in [0.717, 1.165) is 16.5 Å². The van der Waals surface area contributed by atoms with Gasteiger partial charge < -0.3 is 5.32 Å². The van der Waals surface area contributed by atoms with Gasteiger partial charge in [-0.15, -0.1) is 0 Å². The molecule has 0 aromatic heterocycles. The molecule has 0 aliphatic carbocycles. The standard InChI is InChI=1S/C16H14BrFN2/c1-2-15(11-6-8-12(17)9-7-11)20-16-5-3-4-14(18)13(16)10-19/h3-9,15,20H,2H2,1H3. The van der Waals surface area contributed by atoms with Crippen LogP contribution in [-0.4, -0.2) is 0 Å². The molecule has 0 saturated carbocycles. The van der Waals surface area contributed by atoms with Crippen molar-refractivity contribution in [2.24, 2.45) is 0 Å². The number of nitriles is 1. The molecule has 1 atom stereocenters. The maximum absolute atomic E-state index is 13.6. The molecule has 2 aromatic carbocycles. The molecule has 20 heavy (non-hydrogen) atoms. The van der Waals surface area contributed by atoms with Crippen molar-refractivity contribution in [2.45, 2.75) is 19.4 Å². The molecule has 0 saturated heterocycles. The minimum absolute atomic E-state index is 0.0389. The van der Waals surface area contributed by atoms with E-state index in [1.54, 1.807) is 12.1 Å². The van der Waals surface area contributed by atoms with Crippen molar-refractivity contribution in [3.63, 3.8) is 0 Å². The van der Waals surface area contributed by atoms with Crippen molar-refractivity contribution in [1.82, 2.24) is 0 Å². The Morgan fingerprint density at radius 3 is 2.55 bits per heavy atom. The van der Waals surface area contributed by atoms with E-state index >= 15 is 0 Å². The molecular weight excluding hydrogens is 319 g/mol. The van der Waals surface area contributed by atoms with Crippen molar-refractivity contribution in [3.05, 3.63) is 63.9 Å². The molecule has 0 radical (unpaired) electrons. The van der Waals surface area contributed by atoms with E-state index in [9.17, 15) is 4.39 Å². The van der Waals surface area contributed by atoms with Crippen LogP contribution in [0.3, 0.4) is 0 Å². The molecule has 0 bridgehead atoms. The van der Waals surface area contributed by atoms with Crippen molar-refractivity contribution >= 4 is 21.6 Å². The molecule has 4 heteroatoms. The summed E-state index contributed by atoms with van der Waals surface area (Å²) in [6, 6.07) is 14.5. The van der Waals surface area contributed by atoms with Gasteiger partial charge in [-0.05, 0) is 36.2 Å². The topological polar surface area (TPSA) is 35.8 Å². The van der Waals surface area contributed by atoms with E-state index < -0.39 is 5.82 Å². The van der Waals surface area contributed by atoms with Gasteiger partial charge in [0.1, 0.15) is 17.4 Å². The van der Waals surface area contributed by atoms with Gasteiger partial charge in [-0.3, -0.25) is 0 Å². The third kappa shape index (κ3) is 3.17. The Bertz CT molecular complexity index is 632. The van der Waals surface area contributed by atoms with Gasteiger partial charge in [-0.1, -0.05) is 41.1 Å². The first-order chi connectivity index (χ1) is 9.65. The van der Waals surface area contributed by atoms with Crippen molar-refractivity contribution in [2.75, 3.05) is 5.32 Å². The zero-order valence-corrected chi connectivity index (χ0v) is 12.6. The SMILES string of the molecule is CCC(Nc1cccc(F)c1C#N)c1ccc(Br)cc1. The fraction of sp³-hybridized carbons (Fsp3) is 0.188.